The molecule has 17 heavy (non-hydrogen) atoms. The zero-order valence-electron chi connectivity index (χ0n) is 9.61. The van der Waals surface area contributed by atoms with Crippen LogP contribution in [0.4, 0.5) is 5.69 Å². The summed E-state index contributed by atoms with van der Waals surface area (Å²) in [6.45, 7) is 1.69. The van der Waals surface area contributed by atoms with Gasteiger partial charge >= 0.3 is 0 Å². The first-order valence-corrected chi connectivity index (χ1v) is 7.46. The molecule has 0 radical (unpaired) electrons. The Morgan fingerprint density at radius 3 is 2.88 bits per heavy atom. The van der Waals surface area contributed by atoms with Gasteiger partial charge in [0, 0.05) is 23.2 Å². The van der Waals surface area contributed by atoms with E-state index in [9.17, 15) is 10.1 Å². The smallest absolute Gasteiger partial charge is 0.270 e. The number of non-ortho nitro benzene ring substituents is 1. The number of thioether (sulfide) groups is 1. The third-order valence-corrected chi connectivity index (χ3v) is 3.70. The van der Waals surface area contributed by atoms with Crippen molar-refractivity contribution >= 4 is 33.4 Å². The number of halogens is 1. The molecule has 1 aromatic carbocycles. The van der Waals surface area contributed by atoms with Crippen molar-refractivity contribution < 1.29 is 4.92 Å². The van der Waals surface area contributed by atoms with Crippen LogP contribution in [-0.2, 0) is 6.54 Å². The Morgan fingerprint density at radius 2 is 2.29 bits per heavy atom. The molecule has 0 bridgehead atoms. The molecule has 0 atom stereocenters. The van der Waals surface area contributed by atoms with Crippen LogP contribution in [0.5, 0.6) is 0 Å². The summed E-state index contributed by atoms with van der Waals surface area (Å²) in [4.78, 5) is 10.2. The highest BCUT2D eigenvalue weighted by molar-refractivity contribution is 9.10. The molecular weight excluding hydrogens is 304 g/mol. The largest absolute Gasteiger partial charge is 0.313 e. The summed E-state index contributed by atoms with van der Waals surface area (Å²) in [7, 11) is 0. The Labute approximate surface area is 113 Å². The van der Waals surface area contributed by atoms with E-state index in [0.717, 1.165) is 35.3 Å². The van der Waals surface area contributed by atoms with Crippen LogP contribution in [-0.4, -0.2) is 23.5 Å². The molecule has 0 aromatic heterocycles. The summed E-state index contributed by atoms with van der Waals surface area (Å²) in [5, 5.41) is 13.9. The number of nitrogens with one attached hydrogen (secondary N) is 1. The highest BCUT2D eigenvalue weighted by Crippen LogP contribution is 2.22. The van der Waals surface area contributed by atoms with Gasteiger partial charge in [0.15, 0.2) is 0 Å². The first kappa shape index (κ1) is 14.5. The second-order valence-corrected chi connectivity index (χ2v) is 5.40. The van der Waals surface area contributed by atoms with Gasteiger partial charge in [0.25, 0.3) is 5.69 Å². The number of hydrogen-bond acceptors (Lipinski definition) is 4. The van der Waals surface area contributed by atoms with E-state index in [-0.39, 0.29) is 10.6 Å². The number of nitro groups is 1. The summed E-state index contributed by atoms with van der Waals surface area (Å²) in [5.41, 5.74) is 1.16. The van der Waals surface area contributed by atoms with Gasteiger partial charge < -0.3 is 5.32 Å². The molecule has 0 aliphatic carbocycles. The Kier molecular flexibility index (Phi) is 6.54. The lowest BCUT2D eigenvalue weighted by molar-refractivity contribution is -0.384. The number of hydrogen-bond donors (Lipinski definition) is 1. The quantitative estimate of drug-likeness (QED) is 0.476. The van der Waals surface area contributed by atoms with Crippen molar-refractivity contribution in [3.8, 4) is 0 Å². The van der Waals surface area contributed by atoms with Gasteiger partial charge in [-0.15, -0.1) is 0 Å². The predicted molar refractivity (Wildman–Crippen MR) is 75.5 cm³/mol. The molecular formula is C11H15BrN2O2S. The molecule has 0 fully saturated rings. The topological polar surface area (TPSA) is 55.2 Å². The Morgan fingerprint density at radius 1 is 1.53 bits per heavy atom. The molecule has 0 spiro atoms. The van der Waals surface area contributed by atoms with E-state index in [1.807, 2.05) is 11.8 Å². The van der Waals surface area contributed by atoms with Gasteiger partial charge in [-0.25, -0.2) is 0 Å². The highest BCUT2D eigenvalue weighted by Gasteiger charge is 2.08. The SMILES string of the molecule is CSCCCNCc1ccc([N+](=O)[O-])cc1Br. The summed E-state index contributed by atoms with van der Waals surface area (Å²) in [5.74, 6) is 1.15. The molecule has 0 saturated heterocycles. The van der Waals surface area contributed by atoms with Crippen LogP contribution in [0.2, 0.25) is 0 Å². The molecule has 1 rings (SSSR count). The average molecular weight is 319 g/mol. The lowest BCUT2D eigenvalue weighted by atomic mass is 10.2. The predicted octanol–water partition coefficient (Wildman–Crippen LogP) is 3.20. The zero-order valence-corrected chi connectivity index (χ0v) is 12.0. The first-order chi connectivity index (χ1) is 8.15. The van der Waals surface area contributed by atoms with E-state index in [1.54, 1.807) is 12.1 Å². The first-order valence-electron chi connectivity index (χ1n) is 5.27. The third kappa shape index (κ3) is 5.06. The van der Waals surface area contributed by atoms with E-state index in [4.69, 9.17) is 0 Å². The lowest BCUT2D eigenvalue weighted by Crippen LogP contribution is -2.15. The summed E-state index contributed by atoms with van der Waals surface area (Å²) in [6, 6.07) is 4.85. The monoisotopic (exact) mass is 318 g/mol. The standard InChI is InChI=1S/C11H15BrN2O2S/c1-17-6-2-5-13-8-9-3-4-10(14(15)16)7-11(9)12/h3-4,7,13H,2,5-6,8H2,1H3. The normalized spacial score (nSPS) is 10.5. The summed E-state index contributed by atoms with van der Waals surface area (Å²) < 4.78 is 0.782. The van der Waals surface area contributed by atoms with Gasteiger partial charge in [-0.1, -0.05) is 15.9 Å². The van der Waals surface area contributed by atoms with Crippen molar-refractivity contribution in [2.24, 2.45) is 0 Å². The minimum absolute atomic E-state index is 0.114. The maximum atomic E-state index is 10.6. The second kappa shape index (κ2) is 7.68. The van der Waals surface area contributed by atoms with E-state index in [2.05, 4.69) is 27.5 Å². The van der Waals surface area contributed by atoms with Crippen LogP contribution in [0.1, 0.15) is 12.0 Å². The van der Waals surface area contributed by atoms with E-state index in [1.165, 1.54) is 6.07 Å². The van der Waals surface area contributed by atoms with Crippen molar-refractivity contribution in [2.45, 2.75) is 13.0 Å². The molecule has 0 aliphatic rings. The molecule has 0 amide bonds. The van der Waals surface area contributed by atoms with Crippen molar-refractivity contribution in [2.75, 3.05) is 18.6 Å². The van der Waals surface area contributed by atoms with Crippen molar-refractivity contribution in [3.63, 3.8) is 0 Å². The van der Waals surface area contributed by atoms with Crippen molar-refractivity contribution in [1.29, 1.82) is 0 Å². The Bertz CT molecular complexity index is 388. The van der Waals surface area contributed by atoms with Crippen LogP contribution >= 0.6 is 27.7 Å². The van der Waals surface area contributed by atoms with E-state index < -0.39 is 0 Å². The molecule has 94 valence electrons. The molecule has 0 unspecified atom stereocenters. The van der Waals surface area contributed by atoms with E-state index in [0.29, 0.717) is 0 Å². The molecule has 0 aliphatic heterocycles. The number of nitro benzene ring substituents is 1. The summed E-state index contributed by atoms with van der Waals surface area (Å²) >= 11 is 5.18. The number of nitrogens with zero attached hydrogens (tertiary/aromatic N) is 1. The maximum Gasteiger partial charge on any atom is 0.270 e. The molecule has 1 N–H and O–H groups in total. The highest BCUT2D eigenvalue weighted by atomic mass is 79.9. The van der Waals surface area contributed by atoms with Crippen LogP contribution < -0.4 is 5.32 Å². The fraction of sp³-hybridized carbons (Fsp3) is 0.455. The van der Waals surface area contributed by atoms with Gasteiger partial charge in [0.1, 0.15) is 0 Å². The molecule has 6 heteroatoms. The lowest BCUT2D eigenvalue weighted by Gasteiger charge is -2.06. The number of rotatable bonds is 7. The Hall–Kier alpha value is -0.590. The molecule has 4 nitrogen and oxygen atoms in total. The van der Waals surface area contributed by atoms with Gasteiger partial charge in [-0.3, -0.25) is 10.1 Å². The van der Waals surface area contributed by atoms with Gasteiger partial charge in [0.2, 0.25) is 0 Å². The zero-order chi connectivity index (χ0) is 12.7. The van der Waals surface area contributed by atoms with Crippen LogP contribution in [0, 0.1) is 10.1 Å². The summed E-state index contributed by atoms with van der Waals surface area (Å²) in [6.07, 6.45) is 3.22. The van der Waals surface area contributed by atoms with Gasteiger partial charge in [-0.05, 0) is 36.6 Å². The van der Waals surface area contributed by atoms with Crippen LogP contribution in [0.3, 0.4) is 0 Å². The van der Waals surface area contributed by atoms with Gasteiger partial charge in [0.05, 0.1) is 4.92 Å². The fourth-order valence-corrected chi connectivity index (χ4v) is 2.30. The van der Waals surface area contributed by atoms with Crippen molar-refractivity contribution in [3.05, 3.63) is 38.3 Å². The molecule has 0 saturated carbocycles. The van der Waals surface area contributed by atoms with E-state index >= 15 is 0 Å². The number of benzene rings is 1. The van der Waals surface area contributed by atoms with Crippen molar-refractivity contribution in [1.82, 2.24) is 5.32 Å². The van der Waals surface area contributed by atoms with Crippen LogP contribution in [0.15, 0.2) is 22.7 Å². The maximum absolute atomic E-state index is 10.6. The Balaban J connectivity index is 2.46. The minimum Gasteiger partial charge on any atom is -0.313 e. The molecule has 0 heterocycles. The van der Waals surface area contributed by atoms with Crippen LogP contribution in [0.25, 0.3) is 0 Å². The minimum atomic E-state index is -0.388. The van der Waals surface area contributed by atoms with Gasteiger partial charge in [-0.2, -0.15) is 11.8 Å². The third-order valence-electron chi connectivity index (χ3n) is 2.26. The fourth-order valence-electron chi connectivity index (χ4n) is 1.36. The average Bonchev–Trinajstić information content (AvgIpc) is 2.30. The molecule has 1 aromatic rings. The second-order valence-electron chi connectivity index (χ2n) is 3.56.